The van der Waals surface area contributed by atoms with Crippen LogP contribution >= 0.6 is 0 Å². The van der Waals surface area contributed by atoms with E-state index in [-0.39, 0.29) is 19.4 Å². The number of fused-ring (bicyclic) bond motifs is 2. The molecule has 0 bridgehead atoms. The summed E-state index contributed by atoms with van der Waals surface area (Å²) in [6.07, 6.45) is 4.65. The van der Waals surface area contributed by atoms with Crippen molar-refractivity contribution in [1.82, 2.24) is 10.6 Å². The number of carbonyl (C=O) groups excluding carboxylic acids is 2. The molecular formula is C22H24N2O4. The van der Waals surface area contributed by atoms with Gasteiger partial charge in [-0.1, -0.05) is 24.3 Å². The first-order chi connectivity index (χ1) is 13.6. The van der Waals surface area contributed by atoms with Crippen molar-refractivity contribution in [2.45, 2.75) is 45.2 Å². The molecule has 146 valence electrons. The lowest BCUT2D eigenvalue weighted by molar-refractivity contribution is -0.139. The van der Waals surface area contributed by atoms with Gasteiger partial charge in [-0.25, -0.2) is 0 Å². The van der Waals surface area contributed by atoms with Gasteiger partial charge in [-0.15, -0.1) is 0 Å². The van der Waals surface area contributed by atoms with Gasteiger partial charge in [-0.05, 0) is 67.0 Å². The highest BCUT2D eigenvalue weighted by atomic mass is 16.7. The standard InChI is InChI=1S/C22H24N2O4/c1-14(17-8-7-16-4-2-3-5-18(16)11-17)24-22(26)21(25)23-12-15-6-9-19-20(10-15)28-13-27-19/h6-11,14H,2-5,12-13H2,1H3,(H,23,25)(H,24,26). The Kier molecular flexibility index (Phi) is 5.19. The van der Waals surface area contributed by atoms with Crippen LogP contribution in [0.2, 0.25) is 0 Å². The number of amides is 2. The second-order valence-electron chi connectivity index (χ2n) is 7.30. The highest BCUT2D eigenvalue weighted by molar-refractivity contribution is 6.35. The number of aryl methyl sites for hydroxylation is 2. The Hall–Kier alpha value is -3.02. The van der Waals surface area contributed by atoms with E-state index in [1.165, 1.54) is 24.0 Å². The van der Waals surface area contributed by atoms with Crippen molar-refractivity contribution < 1.29 is 19.1 Å². The van der Waals surface area contributed by atoms with Gasteiger partial charge in [0.15, 0.2) is 11.5 Å². The zero-order valence-corrected chi connectivity index (χ0v) is 15.9. The monoisotopic (exact) mass is 380 g/mol. The molecule has 1 atom stereocenters. The second kappa shape index (κ2) is 7.92. The first-order valence-electron chi connectivity index (χ1n) is 9.69. The van der Waals surface area contributed by atoms with Gasteiger partial charge in [0.2, 0.25) is 6.79 Å². The molecule has 2 N–H and O–H groups in total. The molecule has 0 saturated carbocycles. The van der Waals surface area contributed by atoms with Crippen LogP contribution in [0.4, 0.5) is 0 Å². The number of hydrogen-bond donors (Lipinski definition) is 2. The summed E-state index contributed by atoms with van der Waals surface area (Å²) < 4.78 is 10.6. The number of nitrogens with one attached hydrogen (secondary N) is 2. The highest BCUT2D eigenvalue weighted by Crippen LogP contribution is 2.32. The van der Waals surface area contributed by atoms with Crippen molar-refractivity contribution in [2.24, 2.45) is 0 Å². The van der Waals surface area contributed by atoms with E-state index in [1.807, 2.05) is 19.1 Å². The summed E-state index contributed by atoms with van der Waals surface area (Å²) in [7, 11) is 0. The second-order valence-corrected chi connectivity index (χ2v) is 7.30. The Morgan fingerprint density at radius 2 is 1.75 bits per heavy atom. The summed E-state index contributed by atoms with van der Waals surface area (Å²) in [5, 5.41) is 5.43. The predicted octanol–water partition coefficient (Wildman–Crippen LogP) is 2.79. The molecule has 4 rings (SSSR count). The van der Waals surface area contributed by atoms with Gasteiger partial charge in [-0.3, -0.25) is 9.59 Å². The van der Waals surface area contributed by atoms with Gasteiger partial charge in [0.25, 0.3) is 0 Å². The summed E-state index contributed by atoms with van der Waals surface area (Å²) >= 11 is 0. The lowest BCUT2D eigenvalue weighted by Gasteiger charge is -2.20. The van der Waals surface area contributed by atoms with Crippen LogP contribution in [0.3, 0.4) is 0 Å². The van der Waals surface area contributed by atoms with E-state index in [0.29, 0.717) is 11.5 Å². The third-order valence-electron chi connectivity index (χ3n) is 5.32. The quantitative estimate of drug-likeness (QED) is 0.800. The predicted molar refractivity (Wildman–Crippen MR) is 104 cm³/mol. The van der Waals surface area contributed by atoms with Crippen molar-refractivity contribution >= 4 is 11.8 Å². The Bertz CT molecular complexity index is 909. The lowest BCUT2D eigenvalue weighted by atomic mass is 9.89. The first-order valence-corrected chi connectivity index (χ1v) is 9.69. The molecule has 0 aromatic heterocycles. The molecule has 28 heavy (non-hydrogen) atoms. The third-order valence-corrected chi connectivity index (χ3v) is 5.32. The molecule has 0 spiro atoms. The van der Waals surface area contributed by atoms with E-state index in [9.17, 15) is 9.59 Å². The van der Waals surface area contributed by atoms with Crippen molar-refractivity contribution in [3.63, 3.8) is 0 Å². The molecule has 1 unspecified atom stereocenters. The minimum Gasteiger partial charge on any atom is -0.454 e. The topological polar surface area (TPSA) is 76.7 Å². The Balaban J connectivity index is 1.32. The lowest BCUT2D eigenvalue weighted by Crippen LogP contribution is -2.40. The van der Waals surface area contributed by atoms with Gasteiger partial charge in [0.05, 0.1) is 6.04 Å². The number of hydrogen-bond acceptors (Lipinski definition) is 4. The molecule has 0 radical (unpaired) electrons. The smallest absolute Gasteiger partial charge is 0.309 e. The van der Waals surface area contributed by atoms with E-state index < -0.39 is 11.8 Å². The van der Waals surface area contributed by atoms with Crippen molar-refractivity contribution in [1.29, 1.82) is 0 Å². The molecule has 1 heterocycles. The third kappa shape index (κ3) is 3.96. The van der Waals surface area contributed by atoms with Gasteiger partial charge in [0.1, 0.15) is 0 Å². The zero-order valence-electron chi connectivity index (χ0n) is 15.9. The van der Waals surface area contributed by atoms with Gasteiger partial charge in [0, 0.05) is 6.54 Å². The van der Waals surface area contributed by atoms with Crippen LogP contribution in [0.25, 0.3) is 0 Å². The average molecular weight is 380 g/mol. The van der Waals surface area contributed by atoms with Crippen LogP contribution in [0.1, 0.15) is 48.1 Å². The summed E-state index contributed by atoms with van der Waals surface area (Å²) in [5.74, 6) is 0.0531. The molecule has 1 aliphatic heterocycles. The summed E-state index contributed by atoms with van der Waals surface area (Å²) in [4.78, 5) is 24.4. The fraction of sp³-hybridized carbons (Fsp3) is 0.364. The van der Waals surface area contributed by atoms with Gasteiger partial charge in [-0.2, -0.15) is 0 Å². The highest BCUT2D eigenvalue weighted by Gasteiger charge is 2.19. The van der Waals surface area contributed by atoms with E-state index in [1.54, 1.807) is 12.1 Å². The van der Waals surface area contributed by atoms with Crippen LogP contribution in [-0.4, -0.2) is 18.6 Å². The Labute approximate surface area is 164 Å². The zero-order chi connectivity index (χ0) is 19.5. The van der Waals surface area contributed by atoms with Crippen molar-refractivity contribution in [2.75, 3.05) is 6.79 Å². The van der Waals surface area contributed by atoms with Crippen LogP contribution in [-0.2, 0) is 29.0 Å². The normalized spacial score (nSPS) is 15.5. The van der Waals surface area contributed by atoms with Crippen LogP contribution in [0.15, 0.2) is 36.4 Å². The molecule has 0 saturated heterocycles. The summed E-state index contributed by atoms with van der Waals surface area (Å²) in [6, 6.07) is 11.5. The van der Waals surface area contributed by atoms with Crippen molar-refractivity contribution in [3.8, 4) is 11.5 Å². The van der Waals surface area contributed by atoms with Crippen LogP contribution < -0.4 is 20.1 Å². The van der Waals surface area contributed by atoms with E-state index >= 15 is 0 Å². The molecule has 0 fully saturated rings. The minimum atomic E-state index is -0.650. The maximum absolute atomic E-state index is 12.3. The number of carbonyl (C=O) groups is 2. The average Bonchev–Trinajstić information content (AvgIpc) is 3.19. The molecule has 6 nitrogen and oxygen atoms in total. The largest absolute Gasteiger partial charge is 0.454 e. The fourth-order valence-electron chi connectivity index (χ4n) is 3.68. The van der Waals surface area contributed by atoms with E-state index in [4.69, 9.17) is 9.47 Å². The molecule has 2 aromatic rings. The molecule has 2 aromatic carbocycles. The molecule has 6 heteroatoms. The summed E-state index contributed by atoms with van der Waals surface area (Å²) in [5.41, 5.74) is 4.62. The number of ether oxygens (including phenoxy) is 2. The van der Waals surface area contributed by atoms with Crippen LogP contribution in [0, 0.1) is 0 Å². The fourth-order valence-corrected chi connectivity index (χ4v) is 3.68. The van der Waals surface area contributed by atoms with Crippen molar-refractivity contribution in [3.05, 3.63) is 58.7 Å². The SMILES string of the molecule is CC(NC(=O)C(=O)NCc1ccc2c(c1)OCO2)c1ccc2c(c1)CCCC2. The minimum absolute atomic E-state index is 0.203. The molecule has 2 amide bonds. The Morgan fingerprint density at radius 1 is 0.964 bits per heavy atom. The maximum atomic E-state index is 12.3. The Morgan fingerprint density at radius 3 is 2.61 bits per heavy atom. The number of rotatable bonds is 4. The molecule has 2 aliphatic rings. The van der Waals surface area contributed by atoms with E-state index in [0.717, 1.165) is 24.0 Å². The molecule has 1 aliphatic carbocycles. The van der Waals surface area contributed by atoms with E-state index in [2.05, 4.69) is 22.8 Å². The first kappa shape index (κ1) is 18.3. The van der Waals surface area contributed by atoms with Gasteiger partial charge >= 0.3 is 11.8 Å². The number of benzene rings is 2. The summed E-state index contributed by atoms with van der Waals surface area (Å²) in [6.45, 7) is 2.35. The van der Waals surface area contributed by atoms with Crippen LogP contribution in [0.5, 0.6) is 11.5 Å². The van der Waals surface area contributed by atoms with Gasteiger partial charge < -0.3 is 20.1 Å². The maximum Gasteiger partial charge on any atom is 0.309 e. The molecular weight excluding hydrogens is 356 g/mol.